The molecule has 4 nitrogen and oxygen atoms in total. The zero-order chi connectivity index (χ0) is 14.8. The molecule has 2 aromatic rings. The number of aryl methyl sites for hydroxylation is 1. The van der Waals surface area contributed by atoms with E-state index in [4.69, 9.17) is 17.4 Å². The van der Waals surface area contributed by atoms with Crippen LogP contribution < -0.4 is 5.84 Å². The summed E-state index contributed by atoms with van der Waals surface area (Å²) in [5.41, 5.74) is 1.72. The second-order valence-electron chi connectivity index (χ2n) is 4.49. The highest BCUT2D eigenvalue weighted by atomic mass is 35.5. The van der Waals surface area contributed by atoms with E-state index in [-0.39, 0.29) is 11.4 Å². The molecule has 0 aliphatic rings. The molecule has 0 atom stereocenters. The van der Waals surface area contributed by atoms with E-state index in [2.05, 4.69) is 0 Å². The predicted molar refractivity (Wildman–Crippen MR) is 79.5 cm³/mol. The van der Waals surface area contributed by atoms with Gasteiger partial charge >= 0.3 is 0 Å². The van der Waals surface area contributed by atoms with Gasteiger partial charge in [0, 0.05) is 5.02 Å². The van der Waals surface area contributed by atoms with Crippen molar-refractivity contribution in [1.82, 2.24) is 4.41 Å². The molecule has 0 heterocycles. The molecule has 0 bridgehead atoms. The molecule has 0 spiro atoms. The number of nitrogens with two attached hydrogens (primary N) is 1. The molecule has 106 valence electrons. The van der Waals surface area contributed by atoms with Crippen molar-refractivity contribution in [2.24, 2.45) is 5.84 Å². The quantitative estimate of drug-likeness (QED) is 0.697. The van der Waals surface area contributed by atoms with E-state index in [0.29, 0.717) is 5.02 Å². The van der Waals surface area contributed by atoms with E-state index in [1.54, 1.807) is 48.5 Å². The van der Waals surface area contributed by atoms with Crippen LogP contribution in [0.1, 0.15) is 11.1 Å². The molecule has 0 fully saturated rings. The van der Waals surface area contributed by atoms with Crippen LogP contribution in [0.4, 0.5) is 0 Å². The monoisotopic (exact) mass is 310 g/mol. The van der Waals surface area contributed by atoms with Gasteiger partial charge in [-0.3, -0.25) is 5.84 Å². The molecule has 2 N–H and O–H groups in total. The summed E-state index contributed by atoms with van der Waals surface area (Å²) in [7, 11) is -3.70. The lowest BCUT2D eigenvalue weighted by molar-refractivity contribution is 0.422. The molecular weight excluding hydrogens is 296 g/mol. The largest absolute Gasteiger partial charge is 0.255 e. The van der Waals surface area contributed by atoms with Gasteiger partial charge in [0.05, 0.1) is 11.4 Å². The minimum Gasteiger partial charge on any atom is -0.254 e. The van der Waals surface area contributed by atoms with Crippen molar-refractivity contribution < 1.29 is 8.42 Å². The first-order valence-corrected chi connectivity index (χ1v) is 7.80. The van der Waals surface area contributed by atoms with Crippen LogP contribution in [0.5, 0.6) is 0 Å². The molecule has 0 saturated carbocycles. The van der Waals surface area contributed by atoms with Crippen LogP contribution in [-0.4, -0.2) is 12.8 Å². The molecule has 2 aromatic carbocycles. The highest BCUT2D eigenvalue weighted by Crippen LogP contribution is 2.17. The topological polar surface area (TPSA) is 63.4 Å². The van der Waals surface area contributed by atoms with Crippen molar-refractivity contribution in [3.05, 3.63) is 64.7 Å². The summed E-state index contributed by atoms with van der Waals surface area (Å²) in [4.78, 5) is 0.174. The Kier molecular flexibility index (Phi) is 4.45. The summed E-state index contributed by atoms with van der Waals surface area (Å²) in [6.45, 7) is 1.96. The second-order valence-corrected chi connectivity index (χ2v) is 6.82. The van der Waals surface area contributed by atoms with Crippen molar-refractivity contribution in [2.75, 3.05) is 0 Å². The van der Waals surface area contributed by atoms with Gasteiger partial charge in [-0.05, 0) is 36.8 Å². The fourth-order valence-electron chi connectivity index (χ4n) is 1.75. The van der Waals surface area contributed by atoms with Crippen molar-refractivity contribution in [3.63, 3.8) is 0 Å². The van der Waals surface area contributed by atoms with Crippen LogP contribution in [0.25, 0.3) is 0 Å². The minimum absolute atomic E-state index is 0.0662. The van der Waals surface area contributed by atoms with Crippen LogP contribution in [0, 0.1) is 6.92 Å². The van der Waals surface area contributed by atoms with Crippen LogP contribution in [0.3, 0.4) is 0 Å². The third-order valence-corrected chi connectivity index (χ3v) is 4.70. The molecule has 0 radical (unpaired) electrons. The summed E-state index contributed by atoms with van der Waals surface area (Å²) in [5, 5.41) is 0.545. The molecular formula is C14H15ClN2O2S. The number of nitrogens with zero attached hydrogens (tertiary/aromatic N) is 1. The summed E-state index contributed by atoms with van der Waals surface area (Å²) >= 11 is 5.87. The number of hydrogen-bond donors (Lipinski definition) is 1. The van der Waals surface area contributed by atoms with Crippen molar-refractivity contribution in [3.8, 4) is 0 Å². The third kappa shape index (κ3) is 3.37. The Morgan fingerprint density at radius 2 is 1.80 bits per heavy atom. The van der Waals surface area contributed by atoms with Crippen LogP contribution >= 0.6 is 11.6 Å². The molecule has 0 saturated heterocycles. The van der Waals surface area contributed by atoms with Crippen molar-refractivity contribution >= 4 is 21.6 Å². The lowest BCUT2D eigenvalue weighted by atomic mass is 10.2. The van der Waals surface area contributed by atoms with E-state index in [1.165, 1.54) is 0 Å². The zero-order valence-electron chi connectivity index (χ0n) is 11.0. The van der Waals surface area contributed by atoms with E-state index in [1.807, 2.05) is 6.92 Å². The summed E-state index contributed by atoms with van der Waals surface area (Å²) < 4.78 is 25.4. The molecule has 0 aliphatic carbocycles. The second kappa shape index (κ2) is 5.93. The SMILES string of the molecule is Cc1ccc(S(=O)(=O)N(N)Cc2cccc(Cl)c2)cc1. The maximum Gasteiger partial charge on any atom is 0.255 e. The lowest BCUT2D eigenvalue weighted by Crippen LogP contribution is -2.36. The van der Waals surface area contributed by atoms with Crippen molar-refractivity contribution in [1.29, 1.82) is 0 Å². The molecule has 0 unspecified atom stereocenters. The fraction of sp³-hybridized carbons (Fsp3) is 0.143. The first-order valence-electron chi connectivity index (χ1n) is 5.98. The standard InChI is InChI=1S/C14H15ClN2O2S/c1-11-5-7-14(8-6-11)20(18,19)17(16)10-12-3-2-4-13(15)9-12/h2-9H,10,16H2,1H3. The number of rotatable bonds is 4. The maximum absolute atomic E-state index is 12.3. The van der Waals surface area contributed by atoms with E-state index in [9.17, 15) is 8.42 Å². The molecule has 2 rings (SSSR count). The Morgan fingerprint density at radius 3 is 2.40 bits per heavy atom. The van der Waals surface area contributed by atoms with Gasteiger partial charge in [0.15, 0.2) is 0 Å². The van der Waals surface area contributed by atoms with Gasteiger partial charge in [-0.2, -0.15) is 0 Å². The first-order chi connectivity index (χ1) is 9.39. The average molecular weight is 311 g/mol. The highest BCUT2D eigenvalue weighted by Gasteiger charge is 2.21. The number of benzene rings is 2. The Hall–Kier alpha value is -1.40. The minimum atomic E-state index is -3.70. The van der Waals surface area contributed by atoms with Gasteiger partial charge in [0.1, 0.15) is 0 Å². The molecule has 20 heavy (non-hydrogen) atoms. The van der Waals surface area contributed by atoms with Gasteiger partial charge in [-0.1, -0.05) is 41.4 Å². The maximum atomic E-state index is 12.3. The normalized spacial score (nSPS) is 11.8. The summed E-state index contributed by atoms with van der Waals surface area (Å²) in [5.74, 6) is 5.71. The Morgan fingerprint density at radius 1 is 1.15 bits per heavy atom. The molecule has 0 aromatic heterocycles. The highest BCUT2D eigenvalue weighted by molar-refractivity contribution is 7.89. The van der Waals surface area contributed by atoms with Crippen LogP contribution in [0.15, 0.2) is 53.4 Å². The van der Waals surface area contributed by atoms with E-state index < -0.39 is 10.0 Å². The van der Waals surface area contributed by atoms with Gasteiger partial charge in [0.25, 0.3) is 10.0 Å². The van der Waals surface area contributed by atoms with E-state index in [0.717, 1.165) is 15.5 Å². The molecule has 0 aliphatic heterocycles. The van der Waals surface area contributed by atoms with E-state index >= 15 is 0 Å². The summed E-state index contributed by atoms with van der Waals surface area (Å²) in [6, 6.07) is 13.5. The van der Waals surface area contributed by atoms with Gasteiger partial charge in [-0.15, -0.1) is 4.41 Å². The van der Waals surface area contributed by atoms with Gasteiger partial charge < -0.3 is 0 Å². The smallest absolute Gasteiger partial charge is 0.254 e. The molecule has 6 heteroatoms. The fourth-order valence-corrected chi connectivity index (χ4v) is 3.03. The summed E-state index contributed by atoms with van der Waals surface area (Å²) in [6.07, 6.45) is 0. The number of hydrazine groups is 1. The lowest BCUT2D eigenvalue weighted by Gasteiger charge is -2.17. The third-order valence-electron chi connectivity index (χ3n) is 2.86. The first kappa shape index (κ1) is 15.0. The number of sulfonamides is 1. The van der Waals surface area contributed by atoms with Crippen LogP contribution in [-0.2, 0) is 16.6 Å². The molecule has 0 amide bonds. The average Bonchev–Trinajstić information content (AvgIpc) is 2.39. The Balaban J connectivity index is 2.23. The number of halogens is 1. The van der Waals surface area contributed by atoms with Gasteiger partial charge in [-0.25, -0.2) is 8.42 Å². The Labute approximate surface area is 123 Å². The van der Waals surface area contributed by atoms with Crippen molar-refractivity contribution in [2.45, 2.75) is 18.4 Å². The van der Waals surface area contributed by atoms with Crippen LogP contribution in [0.2, 0.25) is 5.02 Å². The Bertz CT molecular complexity index is 699. The number of hydrogen-bond acceptors (Lipinski definition) is 3. The van der Waals surface area contributed by atoms with Gasteiger partial charge in [0.2, 0.25) is 0 Å². The zero-order valence-corrected chi connectivity index (χ0v) is 12.5. The predicted octanol–water partition coefficient (Wildman–Crippen LogP) is 2.71.